The van der Waals surface area contributed by atoms with Crippen LogP contribution in [0.25, 0.3) is 0 Å². The summed E-state index contributed by atoms with van der Waals surface area (Å²) in [7, 11) is 2.29. The molecule has 1 saturated carbocycles. The van der Waals surface area contributed by atoms with Crippen molar-refractivity contribution in [3.05, 3.63) is 0 Å². The predicted molar refractivity (Wildman–Crippen MR) is 80.7 cm³/mol. The second-order valence-electron chi connectivity index (χ2n) is 7.68. The van der Waals surface area contributed by atoms with Crippen molar-refractivity contribution in [2.75, 3.05) is 13.6 Å². The van der Waals surface area contributed by atoms with Crippen molar-refractivity contribution < 1.29 is 0 Å². The molecular weight excluding hydrogens is 220 g/mol. The van der Waals surface area contributed by atoms with E-state index in [-0.39, 0.29) is 5.54 Å². The zero-order chi connectivity index (χ0) is 14.0. The third kappa shape index (κ3) is 3.71. The Morgan fingerprint density at radius 3 is 1.94 bits per heavy atom. The summed E-state index contributed by atoms with van der Waals surface area (Å²) in [5.41, 5.74) is 6.92. The van der Waals surface area contributed by atoms with E-state index in [4.69, 9.17) is 5.73 Å². The van der Waals surface area contributed by atoms with Gasteiger partial charge >= 0.3 is 0 Å². The quantitative estimate of drug-likeness (QED) is 0.811. The number of nitrogens with zero attached hydrogens (tertiary/aromatic N) is 1. The van der Waals surface area contributed by atoms with Gasteiger partial charge in [-0.2, -0.15) is 0 Å². The van der Waals surface area contributed by atoms with Crippen LogP contribution < -0.4 is 5.73 Å². The van der Waals surface area contributed by atoms with Crippen molar-refractivity contribution in [3.63, 3.8) is 0 Å². The van der Waals surface area contributed by atoms with Gasteiger partial charge in [0.05, 0.1) is 0 Å². The lowest BCUT2D eigenvalue weighted by molar-refractivity contribution is 0.0121. The van der Waals surface area contributed by atoms with Crippen LogP contribution in [-0.2, 0) is 0 Å². The van der Waals surface area contributed by atoms with E-state index in [1.807, 2.05) is 0 Å². The molecule has 0 aromatic carbocycles. The molecule has 108 valence electrons. The molecule has 0 aromatic heterocycles. The lowest BCUT2D eigenvalue weighted by Gasteiger charge is -2.50. The topological polar surface area (TPSA) is 29.3 Å². The molecule has 0 aliphatic heterocycles. The van der Waals surface area contributed by atoms with Gasteiger partial charge in [-0.15, -0.1) is 0 Å². The number of likely N-dealkylation sites (N-methyl/N-ethyl adjacent to an activating group) is 1. The summed E-state index contributed by atoms with van der Waals surface area (Å²) in [6, 6.07) is 0.634. The van der Waals surface area contributed by atoms with E-state index in [1.165, 1.54) is 32.1 Å². The first-order valence-corrected chi connectivity index (χ1v) is 7.65. The van der Waals surface area contributed by atoms with Gasteiger partial charge in [0.15, 0.2) is 0 Å². The fourth-order valence-electron chi connectivity index (χ4n) is 3.40. The largest absolute Gasteiger partial charge is 0.329 e. The van der Waals surface area contributed by atoms with Crippen LogP contribution in [0.3, 0.4) is 0 Å². The Balaban J connectivity index is 2.70. The Hall–Kier alpha value is -0.0800. The highest BCUT2D eigenvalue weighted by atomic mass is 15.2. The summed E-state index contributed by atoms with van der Waals surface area (Å²) in [5.74, 6) is 0.761. The van der Waals surface area contributed by atoms with Gasteiger partial charge in [-0.25, -0.2) is 0 Å². The third-order valence-electron chi connectivity index (χ3n) is 5.14. The minimum absolute atomic E-state index is 0.254. The van der Waals surface area contributed by atoms with Crippen molar-refractivity contribution in [2.45, 2.75) is 78.3 Å². The van der Waals surface area contributed by atoms with Crippen molar-refractivity contribution in [2.24, 2.45) is 17.1 Å². The number of hydrogen-bond donors (Lipinski definition) is 1. The van der Waals surface area contributed by atoms with Gasteiger partial charge in [0, 0.05) is 18.1 Å². The van der Waals surface area contributed by atoms with Crippen LogP contribution in [0.4, 0.5) is 0 Å². The molecule has 2 nitrogen and oxygen atoms in total. The van der Waals surface area contributed by atoms with Crippen LogP contribution in [0, 0.1) is 11.3 Å². The molecule has 0 radical (unpaired) electrons. The summed E-state index contributed by atoms with van der Waals surface area (Å²) >= 11 is 0. The maximum absolute atomic E-state index is 6.15. The first-order chi connectivity index (χ1) is 8.22. The average Bonchev–Trinajstić information content (AvgIpc) is 2.28. The highest BCUT2D eigenvalue weighted by Gasteiger charge is 2.41. The normalized spacial score (nSPS) is 24.5. The molecule has 1 atom stereocenters. The zero-order valence-corrected chi connectivity index (χ0v) is 13.4. The molecule has 2 heteroatoms. The summed E-state index contributed by atoms with van der Waals surface area (Å²) in [6.07, 6.45) is 6.40. The predicted octanol–water partition coefficient (Wildman–Crippen LogP) is 3.65. The zero-order valence-electron chi connectivity index (χ0n) is 13.4. The van der Waals surface area contributed by atoms with Crippen LogP contribution in [0.2, 0.25) is 0 Å². The second kappa shape index (κ2) is 5.92. The SMILES string of the molecule is CC(C)CC(C)N(C)C1(CN)CCC(C)(C)CC1. The average molecular weight is 254 g/mol. The van der Waals surface area contributed by atoms with Gasteiger partial charge in [-0.1, -0.05) is 27.7 Å². The first-order valence-electron chi connectivity index (χ1n) is 7.65. The Morgan fingerprint density at radius 2 is 1.56 bits per heavy atom. The van der Waals surface area contributed by atoms with Crippen LogP contribution in [-0.4, -0.2) is 30.1 Å². The third-order valence-corrected chi connectivity index (χ3v) is 5.14. The molecule has 1 fully saturated rings. The van der Waals surface area contributed by atoms with Gasteiger partial charge in [0.2, 0.25) is 0 Å². The maximum Gasteiger partial charge on any atom is 0.0331 e. The Morgan fingerprint density at radius 1 is 1.06 bits per heavy atom. The van der Waals surface area contributed by atoms with Crippen LogP contribution in [0.15, 0.2) is 0 Å². The highest BCUT2D eigenvalue weighted by Crippen LogP contribution is 2.43. The molecule has 0 spiro atoms. The van der Waals surface area contributed by atoms with Gasteiger partial charge in [-0.05, 0) is 57.4 Å². The van der Waals surface area contributed by atoms with E-state index in [2.05, 4.69) is 46.6 Å². The summed E-state index contributed by atoms with van der Waals surface area (Å²) < 4.78 is 0. The molecule has 2 N–H and O–H groups in total. The monoisotopic (exact) mass is 254 g/mol. The van der Waals surface area contributed by atoms with Crippen LogP contribution >= 0.6 is 0 Å². The Labute approximate surface area is 114 Å². The smallest absolute Gasteiger partial charge is 0.0331 e. The van der Waals surface area contributed by atoms with Gasteiger partial charge < -0.3 is 5.73 Å². The van der Waals surface area contributed by atoms with Crippen LogP contribution in [0.1, 0.15) is 66.7 Å². The molecule has 0 heterocycles. The minimum atomic E-state index is 0.254. The molecule has 0 bridgehead atoms. The minimum Gasteiger partial charge on any atom is -0.329 e. The number of rotatable bonds is 5. The van der Waals surface area contributed by atoms with Crippen LogP contribution in [0.5, 0.6) is 0 Å². The van der Waals surface area contributed by atoms with Gasteiger partial charge in [0.25, 0.3) is 0 Å². The summed E-state index contributed by atoms with van der Waals surface area (Å²) in [4.78, 5) is 2.59. The molecule has 0 saturated heterocycles. The molecule has 1 rings (SSSR count). The molecule has 1 unspecified atom stereocenters. The molecule has 18 heavy (non-hydrogen) atoms. The van der Waals surface area contributed by atoms with Crippen molar-refractivity contribution in [1.82, 2.24) is 4.90 Å². The van der Waals surface area contributed by atoms with Gasteiger partial charge in [0.1, 0.15) is 0 Å². The number of nitrogens with two attached hydrogens (primary N) is 1. The Kier molecular flexibility index (Phi) is 5.25. The fourth-order valence-corrected chi connectivity index (χ4v) is 3.40. The lowest BCUT2D eigenvalue weighted by Crippen LogP contribution is -2.57. The van der Waals surface area contributed by atoms with E-state index in [0.717, 1.165) is 12.5 Å². The fraction of sp³-hybridized carbons (Fsp3) is 1.00. The van der Waals surface area contributed by atoms with E-state index in [0.29, 0.717) is 11.5 Å². The van der Waals surface area contributed by atoms with Crippen molar-refractivity contribution >= 4 is 0 Å². The second-order valence-corrected chi connectivity index (χ2v) is 7.68. The van der Waals surface area contributed by atoms with E-state index >= 15 is 0 Å². The van der Waals surface area contributed by atoms with Gasteiger partial charge in [-0.3, -0.25) is 4.90 Å². The molecule has 0 aromatic rings. The van der Waals surface area contributed by atoms with E-state index in [1.54, 1.807) is 0 Å². The first kappa shape index (κ1) is 16.0. The van der Waals surface area contributed by atoms with Crippen molar-refractivity contribution in [3.8, 4) is 0 Å². The molecular formula is C16H34N2. The van der Waals surface area contributed by atoms with E-state index in [9.17, 15) is 0 Å². The lowest BCUT2D eigenvalue weighted by atomic mass is 9.68. The van der Waals surface area contributed by atoms with Crippen molar-refractivity contribution in [1.29, 1.82) is 0 Å². The number of hydrogen-bond acceptors (Lipinski definition) is 2. The Bertz CT molecular complexity index is 248. The standard InChI is InChI=1S/C16H34N2/c1-13(2)11-14(3)18(6)16(12-17)9-7-15(4,5)8-10-16/h13-14H,7-12,17H2,1-6H3. The molecule has 1 aliphatic carbocycles. The van der Waals surface area contributed by atoms with E-state index < -0.39 is 0 Å². The summed E-state index contributed by atoms with van der Waals surface area (Å²) in [5, 5.41) is 0. The molecule has 0 amide bonds. The summed E-state index contributed by atoms with van der Waals surface area (Å²) in [6.45, 7) is 12.6. The molecule has 1 aliphatic rings. The highest BCUT2D eigenvalue weighted by molar-refractivity contribution is 4.98. The maximum atomic E-state index is 6.15.